The molecule has 6 heteroatoms. The molecule has 0 fully saturated rings. The van der Waals surface area contributed by atoms with Crippen molar-refractivity contribution in [2.75, 3.05) is 0 Å². The Kier molecular flexibility index (Phi) is 4.36. The van der Waals surface area contributed by atoms with Crippen LogP contribution in [0.4, 0.5) is 13.2 Å². The molecule has 98 valence electrons. The number of hydrogen-bond donors (Lipinski definition) is 2. The van der Waals surface area contributed by atoms with Gasteiger partial charge in [0.05, 0.1) is 5.56 Å². The summed E-state index contributed by atoms with van der Waals surface area (Å²) >= 11 is 0. The van der Waals surface area contributed by atoms with E-state index in [4.69, 9.17) is 10.8 Å². The smallest absolute Gasteiger partial charge is 0.416 e. The lowest BCUT2D eigenvalue weighted by Gasteiger charge is -2.07. The van der Waals surface area contributed by atoms with Gasteiger partial charge in [0.15, 0.2) is 0 Å². The SMILES string of the molecule is N/C(=C\C(=O)O)CCc1ccc(C(F)(F)F)cc1. The van der Waals surface area contributed by atoms with Crippen LogP contribution in [0.5, 0.6) is 0 Å². The van der Waals surface area contributed by atoms with Crippen LogP contribution in [-0.4, -0.2) is 11.1 Å². The zero-order valence-electron chi connectivity index (χ0n) is 9.37. The highest BCUT2D eigenvalue weighted by Crippen LogP contribution is 2.29. The van der Waals surface area contributed by atoms with Crippen LogP contribution in [-0.2, 0) is 17.4 Å². The summed E-state index contributed by atoms with van der Waals surface area (Å²) in [6.07, 6.45) is -2.78. The molecule has 0 spiro atoms. The molecule has 0 aliphatic carbocycles. The minimum absolute atomic E-state index is 0.183. The number of rotatable bonds is 4. The Labute approximate surface area is 102 Å². The zero-order chi connectivity index (χ0) is 13.8. The summed E-state index contributed by atoms with van der Waals surface area (Å²) in [7, 11) is 0. The van der Waals surface area contributed by atoms with Gasteiger partial charge in [-0.1, -0.05) is 12.1 Å². The number of carboxylic acid groups (broad SMARTS) is 1. The van der Waals surface area contributed by atoms with Crippen LogP contribution in [0.2, 0.25) is 0 Å². The summed E-state index contributed by atoms with van der Waals surface area (Å²) in [5.74, 6) is -1.14. The van der Waals surface area contributed by atoms with Crippen LogP contribution in [0.25, 0.3) is 0 Å². The number of hydrogen-bond acceptors (Lipinski definition) is 2. The van der Waals surface area contributed by atoms with E-state index in [0.717, 1.165) is 18.2 Å². The number of alkyl halides is 3. The molecule has 3 nitrogen and oxygen atoms in total. The van der Waals surface area contributed by atoms with E-state index in [0.29, 0.717) is 12.0 Å². The van der Waals surface area contributed by atoms with Crippen molar-refractivity contribution in [1.29, 1.82) is 0 Å². The van der Waals surface area contributed by atoms with E-state index >= 15 is 0 Å². The molecular weight excluding hydrogens is 247 g/mol. The standard InChI is InChI=1S/C12H12F3NO2/c13-12(14,15)9-4-1-8(2-5-9)3-6-10(16)7-11(17)18/h1-2,4-5,7H,3,6,16H2,(H,17,18)/b10-7-. The molecule has 0 unspecified atom stereocenters. The molecule has 1 aromatic rings. The average molecular weight is 259 g/mol. The second-order valence-electron chi connectivity index (χ2n) is 3.75. The fourth-order valence-corrected chi connectivity index (χ4v) is 1.38. The Morgan fingerprint density at radius 3 is 2.28 bits per heavy atom. The molecule has 1 aromatic carbocycles. The zero-order valence-corrected chi connectivity index (χ0v) is 9.37. The maximum atomic E-state index is 12.3. The predicted octanol–water partition coefficient (Wildman–Crippen LogP) is 2.57. The van der Waals surface area contributed by atoms with E-state index in [1.54, 1.807) is 0 Å². The first-order valence-electron chi connectivity index (χ1n) is 5.14. The number of carboxylic acids is 1. The van der Waals surface area contributed by atoms with E-state index < -0.39 is 17.7 Å². The van der Waals surface area contributed by atoms with Crippen molar-refractivity contribution in [2.45, 2.75) is 19.0 Å². The highest BCUT2D eigenvalue weighted by molar-refractivity contribution is 5.80. The van der Waals surface area contributed by atoms with Gasteiger partial charge in [0.1, 0.15) is 0 Å². The van der Waals surface area contributed by atoms with Crippen molar-refractivity contribution in [3.8, 4) is 0 Å². The van der Waals surface area contributed by atoms with Gasteiger partial charge in [0, 0.05) is 11.8 Å². The van der Waals surface area contributed by atoms with Gasteiger partial charge in [-0.2, -0.15) is 13.2 Å². The number of aryl methyl sites for hydroxylation is 1. The molecule has 0 amide bonds. The van der Waals surface area contributed by atoms with E-state index in [2.05, 4.69) is 0 Å². The Balaban J connectivity index is 2.63. The lowest BCUT2D eigenvalue weighted by molar-refractivity contribution is -0.137. The summed E-state index contributed by atoms with van der Waals surface area (Å²) < 4.78 is 36.8. The van der Waals surface area contributed by atoms with Gasteiger partial charge < -0.3 is 10.8 Å². The Morgan fingerprint density at radius 1 is 1.28 bits per heavy atom. The molecule has 0 aromatic heterocycles. The van der Waals surface area contributed by atoms with Crippen LogP contribution >= 0.6 is 0 Å². The number of allylic oxidation sites excluding steroid dienone is 1. The number of benzene rings is 1. The van der Waals surface area contributed by atoms with E-state index in [1.807, 2.05) is 0 Å². The van der Waals surface area contributed by atoms with Crippen LogP contribution < -0.4 is 5.73 Å². The third kappa shape index (κ3) is 4.48. The normalized spacial score (nSPS) is 12.5. The number of carbonyl (C=O) groups is 1. The van der Waals surface area contributed by atoms with Gasteiger partial charge in [-0.25, -0.2) is 4.79 Å². The first-order valence-corrected chi connectivity index (χ1v) is 5.14. The van der Waals surface area contributed by atoms with Crippen LogP contribution in [0.15, 0.2) is 36.0 Å². The molecule has 0 heterocycles. The minimum Gasteiger partial charge on any atom is -0.478 e. The quantitative estimate of drug-likeness (QED) is 0.817. The molecule has 0 atom stereocenters. The first-order chi connectivity index (χ1) is 8.29. The molecule has 0 aliphatic rings. The summed E-state index contributed by atoms with van der Waals surface area (Å²) in [4.78, 5) is 10.3. The fourth-order valence-electron chi connectivity index (χ4n) is 1.38. The molecule has 1 rings (SSSR count). The van der Waals surface area contributed by atoms with Crippen molar-refractivity contribution in [2.24, 2.45) is 5.73 Å². The van der Waals surface area contributed by atoms with E-state index in [-0.39, 0.29) is 12.1 Å². The molecule has 0 saturated carbocycles. The molecule has 0 radical (unpaired) electrons. The van der Waals surface area contributed by atoms with Crippen molar-refractivity contribution < 1.29 is 23.1 Å². The van der Waals surface area contributed by atoms with Crippen molar-refractivity contribution in [1.82, 2.24) is 0 Å². The maximum Gasteiger partial charge on any atom is 0.416 e. The maximum absolute atomic E-state index is 12.3. The molecule has 3 N–H and O–H groups in total. The van der Waals surface area contributed by atoms with Gasteiger partial charge in [0.2, 0.25) is 0 Å². The number of nitrogens with two attached hydrogens (primary N) is 1. The average Bonchev–Trinajstić information content (AvgIpc) is 2.25. The second kappa shape index (κ2) is 5.57. The fraction of sp³-hybridized carbons (Fsp3) is 0.250. The van der Waals surface area contributed by atoms with Crippen LogP contribution in [0.1, 0.15) is 17.5 Å². The van der Waals surface area contributed by atoms with Gasteiger partial charge in [0.25, 0.3) is 0 Å². The van der Waals surface area contributed by atoms with Crippen molar-refractivity contribution in [3.63, 3.8) is 0 Å². The Hall–Kier alpha value is -1.98. The number of aliphatic carboxylic acids is 1. The first kappa shape index (κ1) is 14.1. The molecule has 0 aliphatic heterocycles. The molecule has 18 heavy (non-hydrogen) atoms. The van der Waals surface area contributed by atoms with Crippen LogP contribution in [0.3, 0.4) is 0 Å². The molecule has 0 bridgehead atoms. The summed E-state index contributed by atoms with van der Waals surface area (Å²) in [5.41, 5.74) is 5.57. The van der Waals surface area contributed by atoms with E-state index in [1.165, 1.54) is 12.1 Å². The lowest BCUT2D eigenvalue weighted by Crippen LogP contribution is -2.05. The third-order valence-electron chi connectivity index (χ3n) is 2.29. The van der Waals surface area contributed by atoms with Gasteiger partial charge in [-0.3, -0.25) is 0 Å². The monoisotopic (exact) mass is 259 g/mol. The van der Waals surface area contributed by atoms with Crippen LogP contribution in [0, 0.1) is 0 Å². The third-order valence-corrected chi connectivity index (χ3v) is 2.29. The van der Waals surface area contributed by atoms with E-state index in [9.17, 15) is 18.0 Å². The molecule has 0 saturated heterocycles. The van der Waals surface area contributed by atoms with Gasteiger partial charge >= 0.3 is 12.1 Å². The number of halogens is 3. The largest absolute Gasteiger partial charge is 0.478 e. The Bertz CT molecular complexity index is 449. The summed E-state index contributed by atoms with van der Waals surface area (Å²) in [6.45, 7) is 0. The second-order valence-corrected chi connectivity index (χ2v) is 3.75. The predicted molar refractivity (Wildman–Crippen MR) is 59.7 cm³/mol. The van der Waals surface area contributed by atoms with Crippen molar-refractivity contribution >= 4 is 5.97 Å². The van der Waals surface area contributed by atoms with Crippen molar-refractivity contribution in [3.05, 3.63) is 47.2 Å². The highest BCUT2D eigenvalue weighted by Gasteiger charge is 2.29. The topological polar surface area (TPSA) is 63.3 Å². The Morgan fingerprint density at radius 2 is 1.83 bits per heavy atom. The summed E-state index contributed by atoms with van der Waals surface area (Å²) in [5, 5.41) is 8.43. The summed E-state index contributed by atoms with van der Waals surface area (Å²) in [6, 6.07) is 4.70. The highest BCUT2D eigenvalue weighted by atomic mass is 19.4. The minimum atomic E-state index is -4.35. The lowest BCUT2D eigenvalue weighted by atomic mass is 10.1. The van der Waals surface area contributed by atoms with Gasteiger partial charge in [-0.05, 0) is 30.5 Å². The van der Waals surface area contributed by atoms with Gasteiger partial charge in [-0.15, -0.1) is 0 Å². The molecular formula is C12H12F3NO2.